The maximum atomic E-state index is 13.0. The summed E-state index contributed by atoms with van der Waals surface area (Å²) in [5.74, 6) is -0.538. The SMILES string of the molecule is Cc1[nH]c(C=C2C(=O)Nc3cc(NC(=O)c4ccc(CN5CCN(C)CC5)cc4)ccc32)c(C)c1C(=O)NCCN1CCCC1. The van der Waals surface area contributed by atoms with Crippen molar-refractivity contribution in [2.24, 2.45) is 0 Å². The normalized spacial score (nSPS) is 18.3. The second-order valence-electron chi connectivity index (χ2n) is 12.5. The summed E-state index contributed by atoms with van der Waals surface area (Å²) in [5, 5.41) is 8.94. The van der Waals surface area contributed by atoms with E-state index in [0.717, 1.165) is 74.9 Å². The summed E-state index contributed by atoms with van der Waals surface area (Å²) in [6.45, 7) is 12.6. The number of aryl methyl sites for hydroxylation is 1. The van der Waals surface area contributed by atoms with Crippen LogP contribution in [0, 0.1) is 13.8 Å². The van der Waals surface area contributed by atoms with Crippen LogP contribution >= 0.6 is 0 Å². The predicted molar refractivity (Wildman–Crippen MR) is 178 cm³/mol. The van der Waals surface area contributed by atoms with E-state index in [4.69, 9.17) is 0 Å². The van der Waals surface area contributed by atoms with E-state index in [1.54, 1.807) is 18.2 Å². The van der Waals surface area contributed by atoms with Crippen LogP contribution in [0.4, 0.5) is 11.4 Å². The van der Waals surface area contributed by atoms with Crippen molar-refractivity contribution in [1.82, 2.24) is 25.0 Å². The number of hydrogen-bond donors (Lipinski definition) is 4. The quantitative estimate of drug-likeness (QED) is 0.274. The molecule has 0 radical (unpaired) electrons. The fourth-order valence-electron chi connectivity index (χ4n) is 6.47. The number of nitrogens with zero attached hydrogens (tertiary/aromatic N) is 3. The van der Waals surface area contributed by atoms with Crippen LogP contribution in [0.2, 0.25) is 0 Å². The van der Waals surface area contributed by atoms with E-state index in [2.05, 4.69) is 42.7 Å². The summed E-state index contributed by atoms with van der Waals surface area (Å²) < 4.78 is 0. The molecule has 0 bridgehead atoms. The Morgan fingerprint density at radius 1 is 0.911 bits per heavy atom. The van der Waals surface area contributed by atoms with Gasteiger partial charge in [-0.3, -0.25) is 19.3 Å². The van der Waals surface area contributed by atoms with E-state index in [0.29, 0.717) is 34.6 Å². The molecule has 0 atom stereocenters. The maximum absolute atomic E-state index is 13.0. The first-order valence-electron chi connectivity index (χ1n) is 15.9. The van der Waals surface area contributed by atoms with Crippen LogP contribution in [0.3, 0.4) is 0 Å². The predicted octanol–water partition coefficient (Wildman–Crippen LogP) is 3.95. The number of piperazine rings is 1. The minimum absolute atomic E-state index is 0.105. The number of amides is 3. The van der Waals surface area contributed by atoms with Crippen molar-refractivity contribution in [3.63, 3.8) is 0 Å². The first-order chi connectivity index (χ1) is 21.7. The molecular weight excluding hydrogens is 566 g/mol. The molecule has 0 spiro atoms. The monoisotopic (exact) mass is 609 g/mol. The molecule has 2 fully saturated rings. The Labute approximate surface area is 264 Å². The van der Waals surface area contributed by atoms with Gasteiger partial charge in [0.25, 0.3) is 17.7 Å². The number of aromatic nitrogens is 1. The van der Waals surface area contributed by atoms with Gasteiger partial charge in [-0.15, -0.1) is 0 Å². The van der Waals surface area contributed by atoms with Gasteiger partial charge in [-0.05, 0) is 88.3 Å². The summed E-state index contributed by atoms with van der Waals surface area (Å²) in [6, 6.07) is 13.2. The Hall–Kier alpha value is -4.25. The Morgan fingerprint density at radius 2 is 1.64 bits per heavy atom. The fourth-order valence-corrected chi connectivity index (χ4v) is 6.47. The van der Waals surface area contributed by atoms with Crippen LogP contribution in [0.5, 0.6) is 0 Å². The zero-order valence-electron chi connectivity index (χ0n) is 26.5. The van der Waals surface area contributed by atoms with Crippen molar-refractivity contribution in [3.05, 3.63) is 81.7 Å². The number of hydrogen-bond acceptors (Lipinski definition) is 6. The van der Waals surface area contributed by atoms with Gasteiger partial charge in [0.2, 0.25) is 0 Å². The average molecular weight is 610 g/mol. The number of nitrogens with one attached hydrogen (secondary N) is 4. The van der Waals surface area contributed by atoms with Gasteiger partial charge in [0, 0.05) is 74.0 Å². The van der Waals surface area contributed by atoms with E-state index < -0.39 is 0 Å². The standard InChI is InChI=1S/C35H43N7O3/c1-23-30(37-24(2)32(23)35(45)36-12-15-41-13-4-5-14-41)21-29-28-11-10-27(20-31(28)39-34(29)44)38-33(43)26-8-6-25(7-9-26)22-42-18-16-40(3)17-19-42/h6-11,20-21,37H,4-5,12-19,22H2,1-3H3,(H,36,45)(H,38,43)(H,39,44). The molecule has 3 aliphatic rings. The molecule has 0 aliphatic carbocycles. The number of rotatable bonds is 9. The first kappa shape index (κ1) is 30.8. The van der Waals surface area contributed by atoms with Gasteiger partial charge < -0.3 is 30.7 Å². The van der Waals surface area contributed by atoms with E-state index in [1.807, 2.05) is 44.2 Å². The third-order valence-corrected chi connectivity index (χ3v) is 9.18. The van der Waals surface area contributed by atoms with Gasteiger partial charge in [0.05, 0.1) is 16.8 Å². The number of likely N-dealkylation sites (tertiary alicyclic amines) is 1. The number of carbonyl (C=O) groups excluding carboxylic acids is 3. The van der Waals surface area contributed by atoms with Crippen LogP contribution in [0.1, 0.15) is 61.6 Å². The Kier molecular flexibility index (Phi) is 9.16. The van der Waals surface area contributed by atoms with Crippen molar-refractivity contribution < 1.29 is 14.4 Å². The highest BCUT2D eigenvalue weighted by molar-refractivity contribution is 6.35. The smallest absolute Gasteiger partial charge is 0.256 e. The molecule has 6 rings (SSSR count). The van der Waals surface area contributed by atoms with Crippen LogP contribution in [-0.4, -0.2) is 96.8 Å². The summed E-state index contributed by atoms with van der Waals surface area (Å²) in [5.41, 5.74) is 7.16. The lowest BCUT2D eigenvalue weighted by Gasteiger charge is -2.32. The fraction of sp³-hybridized carbons (Fsp3) is 0.400. The maximum Gasteiger partial charge on any atom is 0.256 e. The van der Waals surface area contributed by atoms with Crippen LogP contribution in [0.25, 0.3) is 11.6 Å². The molecule has 45 heavy (non-hydrogen) atoms. The van der Waals surface area contributed by atoms with E-state index >= 15 is 0 Å². The molecule has 4 N–H and O–H groups in total. The first-order valence-corrected chi connectivity index (χ1v) is 15.9. The average Bonchev–Trinajstić information content (AvgIpc) is 3.72. The molecule has 3 aromatic rings. The van der Waals surface area contributed by atoms with E-state index in [1.165, 1.54) is 18.4 Å². The van der Waals surface area contributed by atoms with Crippen molar-refractivity contribution >= 4 is 40.7 Å². The second-order valence-corrected chi connectivity index (χ2v) is 12.5. The van der Waals surface area contributed by atoms with Crippen LogP contribution in [-0.2, 0) is 11.3 Å². The zero-order valence-corrected chi connectivity index (χ0v) is 26.5. The van der Waals surface area contributed by atoms with Crippen LogP contribution < -0.4 is 16.0 Å². The van der Waals surface area contributed by atoms with E-state index in [9.17, 15) is 14.4 Å². The number of H-pyrrole nitrogens is 1. The van der Waals surface area contributed by atoms with Crippen LogP contribution in [0.15, 0.2) is 42.5 Å². The molecule has 3 aliphatic heterocycles. The molecule has 10 heteroatoms. The Bertz CT molecular complexity index is 1610. The summed E-state index contributed by atoms with van der Waals surface area (Å²) in [4.78, 5) is 49.5. The lowest BCUT2D eigenvalue weighted by Crippen LogP contribution is -2.43. The number of anilines is 2. The number of aromatic amines is 1. The second kappa shape index (κ2) is 13.4. The third kappa shape index (κ3) is 7.03. The molecule has 2 saturated heterocycles. The highest BCUT2D eigenvalue weighted by atomic mass is 16.2. The summed E-state index contributed by atoms with van der Waals surface area (Å²) in [7, 11) is 2.15. The Balaban J connectivity index is 1.10. The van der Waals surface area contributed by atoms with Gasteiger partial charge in [-0.2, -0.15) is 0 Å². The van der Waals surface area contributed by atoms with Gasteiger partial charge in [-0.1, -0.05) is 18.2 Å². The number of fused-ring (bicyclic) bond motifs is 1. The van der Waals surface area contributed by atoms with Gasteiger partial charge in [-0.25, -0.2) is 0 Å². The molecule has 236 valence electrons. The molecule has 3 amide bonds. The number of benzene rings is 2. The van der Waals surface area contributed by atoms with Gasteiger partial charge >= 0.3 is 0 Å². The van der Waals surface area contributed by atoms with Crippen molar-refractivity contribution in [2.45, 2.75) is 33.2 Å². The molecule has 0 unspecified atom stereocenters. The molecule has 2 aromatic carbocycles. The minimum Gasteiger partial charge on any atom is -0.358 e. The van der Waals surface area contributed by atoms with Crippen molar-refractivity contribution in [1.29, 1.82) is 0 Å². The van der Waals surface area contributed by atoms with Gasteiger partial charge in [0.15, 0.2) is 0 Å². The largest absolute Gasteiger partial charge is 0.358 e. The number of likely N-dealkylation sites (N-methyl/N-ethyl adjacent to an activating group) is 1. The Morgan fingerprint density at radius 3 is 2.38 bits per heavy atom. The molecule has 10 nitrogen and oxygen atoms in total. The lowest BCUT2D eigenvalue weighted by atomic mass is 10.0. The summed E-state index contributed by atoms with van der Waals surface area (Å²) >= 11 is 0. The van der Waals surface area contributed by atoms with Crippen molar-refractivity contribution in [2.75, 3.05) is 70.0 Å². The van der Waals surface area contributed by atoms with Gasteiger partial charge in [0.1, 0.15) is 0 Å². The molecule has 4 heterocycles. The summed E-state index contributed by atoms with van der Waals surface area (Å²) in [6.07, 6.45) is 4.24. The molecule has 1 aromatic heterocycles. The zero-order chi connectivity index (χ0) is 31.5. The van der Waals surface area contributed by atoms with E-state index in [-0.39, 0.29) is 17.7 Å². The molecular formula is C35H43N7O3. The minimum atomic E-state index is -0.229. The molecule has 0 saturated carbocycles. The lowest BCUT2D eigenvalue weighted by molar-refractivity contribution is -0.110. The highest BCUT2D eigenvalue weighted by Crippen LogP contribution is 2.36. The highest BCUT2D eigenvalue weighted by Gasteiger charge is 2.26. The third-order valence-electron chi connectivity index (χ3n) is 9.18. The van der Waals surface area contributed by atoms with Crippen molar-refractivity contribution in [3.8, 4) is 0 Å². The topological polar surface area (TPSA) is 113 Å². The number of carbonyl (C=O) groups is 3.